The predicted molar refractivity (Wildman–Crippen MR) is 59.3 cm³/mol. The molecule has 1 aromatic carbocycles. The molecule has 7 heteroatoms. The number of hydrogen-bond acceptors (Lipinski definition) is 3. The molecule has 0 amide bonds. The molecule has 4 nitrogen and oxygen atoms in total. The van der Waals surface area contributed by atoms with Gasteiger partial charge in [-0.05, 0) is 6.07 Å². The second-order valence-corrected chi connectivity index (χ2v) is 5.73. The molecule has 1 rings (SSSR count). The highest BCUT2D eigenvalue weighted by atomic mass is 79.9. The minimum atomic E-state index is -3.47. The van der Waals surface area contributed by atoms with Gasteiger partial charge in [-0.25, -0.2) is 12.8 Å². The Hall–Kier alpha value is -0.820. The second-order valence-electron chi connectivity index (χ2n) is 2.71. The third-order valence-electron chi connectivity index (χ3n) is 1.52. The summed E-state index contributed by atoms with van der Waals surface area (Å²) in [5.41, 5.74) is 0.131. The standard InChI is InChI=1S/C8H9BrFNO3S/c1-14-8-3-6(10)2-7(4-8)11-15(12,13)5-9/h2-4,11H,5H2,1H3. The van der Waals surface area contributed by atoms with Crippen LogP contribution in [-0.4, -0.2) is 20.2 Å². The van der Waals surface area contributed by atoms with Crippen molar-refractivity contribution >= 4 is 31.6 Å². The van der Waals surface area contributed by atoms with Crippen LogP contribution in [0.5, 0.6) is 5.75 Å². The van der Waals surface area contributed by atoms with Crippen LogP contribution in [0.3, 0.4) is 0 Å². The molecule has 0 spiro atoms. The van der Waals surface area contributed by atoms with Gasteiger partial charge in [0.2, 0.25) is 10.0 Å². The molecule has 84 valence electrons. The van der Waals surface area contributed by atoms with E-state index >= 15 is 0 Å². The topological polar surface area (TPSA) is 55.4 Å². The van der Waals surface area contributed by atoms with Gasteiger partial charge in [0.05, 0.1) is 12.8 Å². The van der Waals surface area contributed by atoms with Gasteiger partial charge in [0.25, 0.3) is 0 Å². The predicted octanol–water partition coefficient (Wildman–Crippen LogP) is 1.93. The fourth-order valence-corrected chi connectivity index (χ4v) is 1.82. The number of nitrogens with one attached hydrogen (secondary N) is 1. The van der Waals surface area contributed by atoms with Crippen molar-refractivity contribution in [2.24, 2.45) is 0 Å². The molecular weight excluding hydrogens is 289 g/mol. The Morgan fingerprint density at radius 2 is 2.13 bits per heavy atom. The van der Waals surface area contributed by atoms with Crippen LogP contribution < -0.4 is 9.46 Å². The van der Waals surface area contributed by atoms with E-state index in [0.29, 0.717) is 0 Å². The van der Waals surface area contributed by atoms with Gasteiger partial charge in [0, 0.05) is 12.1 Å². The minimum Gasteiger partial charge on any atom is -0.497 e. The number of anilines is 1. The van der Waals surface area contributed by atoms with E-state index in [9.17, 15) is 12.8 Å². The van der Waals surface area contributed by atoms with Gasteiger partial charge in [-0.1, -0.05) is 15.9 Å². The van der Waals surface area contributed by atoms with Crippen molar-refractivity contribution in [3.05, 3.63) is 24.0 Å². The molecule has 0 aromatic heterocycles. The first kappa shape index (κ1) is 12.3. The Bertz CT molecular complexity index is 449. The van der Waals surface area contributed by atoms with Crippen molar-refractivity contribution in [1.82, 2.24) is 0 Å². The van der Waals surface area contributed by atoms with Gasteiger partial charge in [-0.2, -0.15) is 0 Å². The smallest absolute Gasteiger partial charge is 0.242 e. The SMILES string of the molecule is COc1cc(F)cc(NS(=O)(=O)CBr)c1. The summed E-state index contributed by atoms with van der Waals surface area (Å²) in [7, 11) is -2.10. The van der Waals surface area contributed by atoms with Crippen LogP contribution in [0.1, 0.15) is 0 Å². The summed E-state index contributed by atoms with van der Waals surface area (Å²) >= 11 is 2.81. The molecule has 1 aromatic rings. The lowest BCUT2D eigenvalue weighted by Crippen LogP contribution is -2.13. The second kappa shape index (κ2) is 4.80. The monoisotopic (exact) mass is 297 g/mol. The number of halogens is 2. The number of methoxy groups -OCH3 is 1. The van der Waals surface area contributed by atoms with Crippen molar-refractivity contribution in [2.75, 3.05) is 16.5 Å². The van der Waals surface area contributed by atoms with Gasteiger partial charge >= 0.3 is 0 Å². The van der Waals surface area contributed by atoms with Crippen LogP contribution in [0.2, 0.25) is 0 Å². The average Bonchev–Trinajstić information content (AvgIpc) is 2.16. The minimum absolute atomic E-state index is 0.131. The van der Waals surface area contributed by atoms with Gasteiger partial charge in [-0.15, -0.1) is 0 Å². The normalized spacial score (nSPS) is 11.1. The molecule has 0 bridgehead atoms. The number of benzene rings is 1. The van der Waals surface area contributed by atoms with Crippen LogP contribution in [0.4, 0.5) is 10.1 Å². The van der Waals surface area contributed by atoms with Crippen molar-refractivity contribution in [3.8, 4) is 5.75 Å². The maximum atomic E-state index is 13.0. The zero-order valence-corrected chi connectivity index (χ0v) is 10.2. The third kappa shape index (κ3) is 3.67. The number of alkyl halides is 1. The first-order valence-corrected chi connectivity index (χ1v) is 6.65. The Balaban J connectivity index is 3.00. The van der Waals surface area contributed by atoms with Gasteiger partial charge < -0.3 is 4.74 Å². The molecule has 1 N–H and O–H groups in total. The van der Waals surface area contributed by atoms with Crippen LogP contribution >= 0.6 is 15.9 Å². The quantitative estimate of drug-likeness (QED) is 0.864. The van der Waals surface area contributed by atoms with Crippen LogP contribution in [-0.2, 0) is 10.0 Å². The highest BCUT2D eigenvalue weighted by Gasteiger charge is 2.09. The van der Waals surface area contributed by atoms with E-state index in [0.717, 1.165) is 12.1 Å². The summed E-state index contributed by atoms with van der Waals surface area (Å²) in [6.07, 6.45) is 0. The average molecular weight is 298 g/mol. The van der Waals surface area contributed by atoms with E-state index < -0.39 is 15.8 Å². The van der Waals surface area contributed by atoms with E-state index in [2.05, 4.69) is 20.7 Å². The summed E-state index contributed by atoms with van der Waals surface area (Å²) in [5, 5.41) is 0. The Labute approximate surface area is 95.6 Å². The first-order chi connectivity index (χ1) is 6.96. The molecule has 0 aliphatic rings. The zero-order chi connectivity index (χ0) is 11.5. The van der Waals surface area contributed by atoms with E-state index in [1.165, 1.54) is 13.2 Å². The van der Waals surface area contributed by atoms with Crippen molar-refractivity contribution < 1.29 is 17.5 Å². The zero-order valence-electron chi connectivity index (χ0n) is 7.83. The van der Waals surface area contributed by atoms with Gasteiger partial charge in [-0.3, -0.25) is 4.72 Å². The van der Waals surface area contributed by atoms with Crippen LogP contribution in [0, 0.1) is 5.82 Å². The van der Waals surface area contributed by atoms with E-state index in [1.807, 2.05) is 0 Å². The van der Waals surface area contributed by atoms with Crippen LogP contribution in [0.15, 0.2) is 18.2 Å². The molecule has 0 heterocycles. The highest BCUT2D eigenvalue weighted by Crippen LogP contribution is 2.20. The summed E-state index contributed by atoms with van der Waals surface area (Å²) < 4.78 is 42.0. The first-order valence-electron chi connectivity index (χ1n) is 3.88. The lowest BCUT2D eigenvalue weighted by Gasteiger charge is -2.07. The number of ether oxygens (including phenoxy) is 1. The molecule has 0 saturated carbocycles. The number of hydrogen-bond donors (Lipinski definition) is 1. The summed E-state index contributed by atoms with van der Waals surface area (Å²) in [6, 6.07) is 3.62. The molecule has 0 radical (unpaired) electrons. The van der Waals surface area contributed by atoms with E-state index in [1.54, 1.807) is 0 Å². The van der Waals surface area contributed by atoms with Crippen molar-refractivity contribution in [3.63, 3.8) is 0 Å². The van der Waals surface area contributed by atoms with Gasteiger partial charge in [0.1, 0.15) is 16.2 Å². The lowest BCUT2D eigenvalue weighted by molar-refractivity contribution is 0.411. The molecular formula is C8H9BrFNO3S. The molecule has 0 fully saturated rings. The Kier molecular flexibility index (Phi) is 3.92. The van der Waals surface area contributed by atoms with Gasteiger partial charge in [0.15, 0.2) is 0 Å². The summed E-state index contributed by atoms with van der Waals surface area (Å²) in [6.45, 7) is 0. The van der Waals surface area contributed by atoms with E-state index in [4.69, 9.17) is 4.74 Å². The number of rotatable bonds is 4. The Morgan fingerprint density at radius 3 is 2.67 bits per heavy atom. The highest BCUT2D eigenvalue weighted by molar-refractivity contribution is 9.10. The summed E-state index contributed by atoms with van der Waals surface area (Å²) in [4.78, 5) is 0. The number of sulfonamides is 1. The molecule has 0 aliphatic carbocycles. The maximum absolute atomic E-state index is 13.0. The van der Waals surface area contributed by atoms with Crippen LogP contribution in [0.25, 0.3) is 0 Å². The lowest BCUT2D eigenvalue weighted by atomic mass is 10.3. The fourth-order valence-electron chi connectivity index (χ4n) is 0.946. The maximum Gasteiger partial charge on any atom is 0.242 e. The molecule has 0 atom stereocenters. The fraction of sp³-hybridized carbons (Fsp3) is 0.250. The molecule has 0 unspecified atom stereocenters. The van der Waals surface area contributed by atoms with Crippen molar-refractivity contribution in [2.45, 2.75) is 0 Å². The largest absolute Gasteiger partial charge is 0.497 e. The Morgan fingerprint density at radius 1 is 1.47 bits per heavy atom. The molecule has 0 aliphatic heterocycles. The van der Waals surface area contributed by atoms with E-state index in [-0.39, 0.29) is 16.1 Å². The molecule has 15 heavy (non-hydrogen) atoms. The molecule has 0 saturated heterocycles. The van der Waals surface area contributed by atoms with Crippen molar-refractivity contribution in [1.29, 1.82) is 0 Å². The third-order valence-corrected chi connectivity index (χ3v) is 4.17. The summed E-state index contributed by atoms with van der Waals surface area (Å²) in [5.74, 6) is -0.316.